The molecule has 2 aromatic rings. The van der Waals surface area contributed by atoms with Crippen molar-refractivity contribution in [2.75, 3.05) is 26.3 Å². The van der Waals surface area contributed by atoms with E-state index in [1.54, 1.807) is 0 Å². The average Bonchev–Trinajstić information content (AvgIpc) is 3.43. The third kappa shape index (κ3) is 5.63. The second-order valence-corrected chi connectivity index (χ2v) is 8.32. The summed E-state index contributed by atoms with van der Waals surface area (Å²) in [5.41, 5.74) is -0.431. The van der Waals surface area contributed by atoms with Gasteiger partial charge in [0.05, 0.1) is 29.3 Å². The van der Waals surface area contributed by atoms with Crippen LogP contribution in [0.15, 0.2) is 42.5 Å². The molecule has 0 radical (unpaired) electrons. The van der Waals surface area contributed by atoms with E-state index in [2.05, 4.69) is 5.32 Å². The highest BCUT2D eigenvalue weighted by Crippen LogP contribution is 2.31. The summed E-state index contributed by atoms with van der Waals surface area (Å²) in [5.74, 6) is -1.59. The highest BCUT2D eigenvalue weighted by atomic mass is 19.4. The standard InChI is InChI=1S/C24H23F3N2O6/c25-24(26,27)15-3-1-4-17(10-15)35-13-16(30)11-28-21(31)14-6-7-19-20(9-14)23(33)29(22(19)32)12-18-5-2-8-34-18/h1,3-4,6-7,9-10,16,18,30H,2,5,8,11-13H2,(H,28,31). The number of aliphatic hydroxyl groups is 1. The second kappa shape index (κ2) is 10.0. The molecule has 2 aliphatic heterocycles. The number of rotatable bonds is 8. The van der Waals surface area contributed by atoms with Crippen molar-refractivity contribution in [3.63, 3.8) is 0 Å². The van der Waals surface area contributed by atoms with Crippen LogP contribution in [0.25, 0.3) is 0 Å². The number of imide groups is 1. The van der Waals surface area contributed by atoms with Gasteiger partial charge in [-0.05, 0) is 49.2 Å². The molecule has 2 N–H and O–H groups in total. The lowest BCUT2D eigenvalue weighted by molar-refractivity contribution is -0.137. The van der Waals surface area contributed by atoms with Gasteiger partial charge in [-0.15, -0.1) is 0 Å². The van der Waals surface area contributed by atoms with E-state index < -0.39 is 35.6 Å². The van der Waals surface area contributed by atoms with Gasteiger partial charge >= 0.3 is 6.18 Å². The maximum atomic E-state index is 12.8. The molecule has 0 bridgehead atoms. The van der Waals surface area contributed by atoms with Gasteiger partial charge in [-0.25, -0.2) is 0 Å². The molecule has 0 spiro atoms. The van der Waals surface area contributed by atoms with Crippen molar-refractivity contribution in [3.8, 4) is 5.75 Å². The smallest absolute Gasteiger partial charge is 0.416 e. The van der Waals surface area contributed by atoms with Crippen LogP contribution in [-0.4, -0.2) is 66.2 Å². The monoisotopic (exact) mass is 492 g/mol. The van der Waals surface area contributed by atoms with Crippen LogP contribution >= 0.6 is 0 Å². The van der Waals surface area contributed by atoms with Gasteiger partial charge in [-0.2, -0.15) is 13.2 Å². The first-order valence-electron chi connectivity index (χ1n) is 11.0. The Bertz CT molecular complexity index is 1130. The molecule has 4 rings (SSSR count). The number of ether oxygens (including phenoxy) is 2. The number of fused-ring (bicyclic) bond motifs is 1. The Hall–Kier alpha value is -3.44. The Morgan fingerprint density at radius 3 is 2.66 bits per heavy atom. The van der Waals surface area contributed by atoms with E-state index in [4.69, 9.17) is 9.47 Å². The highest BCUT2D eigenvalue weighted by molar-refractivity contribution is 6.22. The number of halogens is 3. The van der Waals surface area contributed by atoms with Crippen LogP contribution in [0.2, 0.25) is 0 Å². The van der Waals surface area contributed by atoms with Crippen molar-refractivity contribution < 1.29 is 42.1 Å². The summed E-state index contributed by atoms with van der Waals surface area (Å²) in [4.78, 5) is 39.0. The number of carbonyl (C=O) groups excluding carboxylic acids is 3. The molecule has 0 aromatic heterocycles. The molecule has 2 unspecified atom stereocenters. The first-order chi connectivity index (χ1) is 16.6. The Balaban J connectivity index is 1.31. The Kier molecular flexibility index (Phi) is 7.08. The summed E-state index contributed by atoms with van der Waals surface area (Å²) < 4.78 is 49.0. The zero-order valence-corrected chi connectivity index (χ0v) is 18.5. The maximum absolute atomic E-state index is 12.8. The van der Waals surface area contributed by atoms with Crippen LogP contribution in [0.4, 0.5) is 13.2 Å². The fraction of sp³-hybridized carbons (Fsp3) is 0.375. The predicted octanol–water partition coefficient (Wildman–Crippen LogP) is 2.65. The normalized spacial score (nSPS) is 18.5. The van der Waals surface area contributed by atoms with E-state index in [-0.39, 0.29) is 48.2 Å². The van der Waals surface area contributed by atoms with Crippen LogP contribution in [0.1, 0.15) is 49.5 Å². The van der Waals surface area contributed by atoms with Crippen LogP contribution in [0.5, 0.6) is 5.75 Å². The second-order valence-electron chi connectivity index (χ2n) is 8.32. The highest BCUT2D eigenvalue weighted by Gasteiger charge is 2.38. The summed E-state index contributed by atoms with van der Waals surface area (Å²) in [5, 5.41) is 12.5. The third-order valence-electron chi connectivity index (χ3n) is 5.75. The van der Waals surface area contributed by atoms with Gasteiger partial charge in [0.1, 0.15) is 18.5 Å². The first kappa shape index (κ1) is 24.7. The molecule has 35 heavy (non-hydrogen) atoms. The molecule has 0 saturated carbocycles. The molecule has 1 fully saturated rings. The minimum atomic E-state index is -4.52. The Morgan fingerprint density at radius 2 is 1.94 bits per heavy atom. The molecule has 3 amide bonds. The van der Waals surface area contributed by atoms with Crippen molar-refractivity contribution in [2.24, 2.45) is 0 Å². The fourth-order valence-electron chi connectivity index (χ4n) is 3.92. The molecule has 2 aliphatic rings. The van der Waals surface area contributed by atoms with E-state index in [1.807, 2.05) is 0 Å². The third-order valence-corrected chi connectivity index (χ3v) is 5.75. The number of hydrogen-bond acceptors (Lipinski definition) is 6. The van der Waals surface area contributed by atoms with Crippen molar-refractivity contribution in [2.45, 2.75) is 31.2 Å². The van der Waals surface area contributed by atoms with E-state index in [0.29, 0.717) is 6.61 Å². The van der Waals surface area contributed by atoms with E-state index >= 15 is 0 Å². The van der Waals surface area contributed by atoms with Gasteiger partial charge in [0, 0.05) is 18.7 Å². The van der Waals surface area contributed by atoms with E-state index in [1.165, 1.54) is 30.3 Å². The molecular weight excluding hydrogens is 469 g/mol. The van der Waals surface area contributed by atoms with Crippen LogP contribution in [0.3, 0.4) is 0 Å². The van der Waals surface area contributed by atoms with Gasteiger partial charge in [0.25, 0.3) is 17.7 Å². The summed E-state index contributed by atoms with van der Waals surface area (Å²) in [7, 11) is 0. The van der Waals surface area contributed by atoms with E-state index in [0.717, 1.165) is 29.9 Å². The number of amides is 3. The predicted molar refractivity (Wildman–Crippen MR) is 116 cm³/mol. The number of alkyl halides is 3. The number of benzene rings is 2. The number of nitrogens with zero attached hydrogens (tertiary/aromatic N) is 1. The Morgan fingerprint density at radius 1 is 1.17 bits per heavy atom. The lowest BCUT2D eigenvalue weighted by atomic mass is 10.1. The fourth-order valence-corrected chi connectivity index (χ4v) is 3.92. The summed E-state index contributed by atoms with van der Waals surface area (Å²) >= 11 is 0. The zero-order valence-electron chi connectivity index (χ0n) is 18.5. The number of carbonyl (C=O) groups is 3. The number of nitrogens with one attached hydrogen (secondary N) is 1. The molecule has 2 atom stereocenters. The van der Waals surface area contributed by atoms with Crippen molar-refractivity contribution >= 4 is 17.7 Å². The van der Waals surface area contributed by atoms with Gasteiger partial charge in [-0.3, -0.25) is 19.3 Å². The van der Waals surface area contributed by atoms with Crippen molar-refractivity contribution in [1.82, 2.24) is 10.2 Å². The maximum Gasteiger partial charge on any atom is 0.416 e. The number of hydrogen-bond donors (Lipinski definition) is 2. The van der Waals surface area contributed by atoms with Crippen LogP contribution in [0, 0.1) is 0 Å². The summed E-state index contributed by atoms with van der Waals surface area (Å²) in [6.07, 6.45) is -4.28. The van der Waals surface area contributed by atoms with Gasteiger partial charge in [0.15, 0.2) is 0 Å². The topological polar surface area (TPSA) is 105 Å². The summed E-state index contributed by atoms with van der Waals surface area (Å²) in [6, 6.07) is 8.37. The molecule has 8 nitrogen and oxygen atoms in total. The molecule has 2 heterocycles. The number of aliphatic hydroxyl groups excluding tert-OH is 1. The van der Waals surface area contributed by atoms with Gasteiger partial charge in [0.2, 0.25) is 0 Å². The Labute approximate surface area is 198 Å². The van der Waals surface area contributed by atoms with Gasteiger partial charge in [-0.1, -0.05) is 6.07 Å². The molecular formula is C24H23F3N2O6. The van der Waals surface area contributed by atoms with E-state index in [9.17, 15) is 32.7 Å². The van der Waals surface area contributed by atoms with Crippen LogP contribution in [-0.2, 0) is 10.9 Å². The minimum absolute atomic E-state index is 0.0699. The lowest BCUT2D eigenvalue weighted by Crippen LogP contribution is -2.36. The zero-order chi connectivity index (χ0) is 25.2. The quantitative estimate of drug-likeness (QED) is 0.549. The van der Waals surface area contributed by atoms with Crippen LogP contribution < -0.4 is 10.1 Å². The average molecular weight is 492 g/mol. The molecule has 2 aromatic carbocycles. The minimum Gasteiger partial charge on any atom is -0.491 e. The molecule has 186 valence electrons. The van der Waals surface area contributed by atoms with Crippen molar-refractivity contribution in [1.29, 1.82) is 0 Å². The first-order valence-corrected chi connectivity index (χ1v) is 11.0. The molecule has 1 saturated heterocycles. The molecule has 11 heteroatoms. The SMILES string of the molecule is O=C(NCC(O)COc1cccc(C(F)(F)F)c1)c1ccc2c(c1)C(=O)N(CC1CCCO1)C2=O. The largest absolute Gasteiger partial charge is 0.491 e. The molecule has 0 aliphatic carbocycles. The summed E-state index contributed by atoms with van der Waals surface area (Å²) in [6.45, 7) is 0.158. The van der Waals surface area contributed by atoms with Gasteiger partial charge < -0.3 is 19.9 Å². The van der Waals surface area contributed by atoms with Crippen molar-refractivity contribution in [3.05, 3.63) is 64.7 Å². The lowest BCUT2D eigenvalue weighted by Gasteiger charge is -2.17.